The number of benzene rings is 2. The number of hydrogen-bond acceptors (Lipinski definition) is 5. The molecule has 5 nitrogen and oxygen atoms in total. The summed E-state index contributed by atoms with van der Waals surface area (Å²) in [4.78, 5) is 0. The van der Waals surface area contributed by atoms with Crippen molar-refractivity contribution in [3.05, 3.63) is 59.7 Å². The molecule has 0 fully saturated rings. The predicted octanol–water partition coefficient (Wildman–Crippen LogP) is 3.86. The lowest BCUT2D eigenvalue weighted by molar-refractivity contribution is -0.0498. The van der Waals surface area contributed by atoms with Gasteiger partial charge in [-0.05, 0) is 47.2 Å². The standard InChI is InChI=1S/C16H14F2N4OS/c1-11-2-6-13(7-3-11)22-16(19-20-21-22)24-10-12-4-8-14(9-5-12)23-15(17)18/h2-9,15H,10H2,1H3. The monoisotopic (exact) mass is 348 g/mol. The zero-order chi connectivity index (χ0) is 16.9. The number of alkyl halides is 2. The van der Waals surface area contributed by atoms with Gasteiger partial charge in [-0.25, -0.2) is 0 Å². The van der Waals surface area contributed by atoms with Crippen molar-refractivity contribution in [1.29, 1.82) is 0 Å². The molecule has 0 aliphatic carbocycles. The highest BCUT2D eigenvalue weighted by Crippen LogP contribution is 2.24. The summed E-state index contributed by atoms with van der Waals surface area (Å²) in [5, 5.41) is 12.4. The van der Waals surface area contributed by atoms with Crippen molar-refractivity contribution in [2.45, 2.75) is 24.4 Å². The van der Waals surface area contributed by atoms with Crippen LogP contribution in [-0.2, 0) is 5.75 Å². The van der Waals surface area contributed by atoms with E-state index in [4.69, 9.17) is 0 Å². The van der Waals surface area contributed by atoms with Crippen molar-refractivity contribution in [3.8, 4) is 11.4 Å². The van der Waals surface area contributed by atoms with E-state index < -0.39 is 6.61 Å². The van der Waals surface area contributed by atoms with Crippen molar-refractivity contribution in [2.24, 2.45) is 0 Å². The van der Waals surface area contributed by atoms with E-state index in [0.29, 0.717) is 10.9 Å². The molecule has 0 atom stereocenters. The van der Waals surface area contributed by atoms with Gasteiger partial charge in [-0.1, -0.05) is 41.6 Å². The molecule has 0 aliphatic heterocycles. The highest BCUT2D eigenvalue weighted by Gasteiger charge is 2.09. The van der Waals surface area contributed by atoms with Gasteiger partial charge in [0.25, 0.3) is 0 Å². The van der Waals surface area contributed by atoms with Gasteiger partial charge in [0.2, 0.25) is 5.16 Å². The Morgan fingerprint density at radius 1 is 1.08 bits per heavy atom. The topological polar surface area (TPSA) is 52.8 Å². The number of ether oxygens (including phenoxy) is 1. The zero-order valence-electron chi connectivity index (χ0n) is 12.8. The molecule has 0 spiro atoms. The fraction of sp³-hybridized carbons (Fsp3) is 0.188. The summed E-state index contributed by atoms with van der Waals surface area (Å²) in [6.07, 6.45) is 0. The number of nitrogens with zero attached hydrogens (tertiary/aromatic N) is 4. The van der Waals surface area contributed by atoms with Gasteiger partial charge in [-0.3, -0.25) is 0 Å². The maximum absolute atomic E-state index is 12.1. The summed E-state index contributed by atoms with van der Waals surface area (Å²) < 4.78 is 30.3. The fourth-order valence-corrected chi connectivity index (χ4v) is 2.88. The third kappa shape index (κ3) is 4.08. The van der Waals surface area contributed by atoms with Crippen molar-refractivity contribution >= 4 is 11.8 Å². The van der Waals surface area contributed by atoms with Crippen molar-refractivity contribution in [2.75, 3.05) is 0 Å². The number of aryl methyl sites for hydroxylation is 1. The molecule has 3 aromatic rings. The molecule has 0 saturated heterocycles. The number of halogens is 2. The summed E-state index contributed by atoms with van der Waals surface area (Å²) in [5.74, 6) is 0.754. The van der Waals surface area contributed by atoms with Crippen LogP contribution in [-0.4, -0.2) is 26.8 Å². The second-order valence-corrected chi connectivity index (χ2v) is 5.96. The number of aromatic nitrogens is 4. The van der Waals surface area contributed by atoms with E-state index in [1.807, 2.05) is 31.2 Å². The minimum absolute atomic E-state index is 0.142. The Morgan fingerprint density at radius 2 is 1.79 bits per heavy atom. The smallest absolute Gasteiger partial charge is 0.387 e. The second kappa shape index (κ2) is 7.39. The van der Waals surface area contributed by atoms with E-state index in [1.165, 1.54) is 23.9 Å². The molecule has 0 aliphatic rings. The van der Waals surface area contributed by atoms with E-state index in [9.17, 15) is 8.78 Å². The highest BCUT2D eigenvalue weighted by atomic mass is 32.2. The minimum Gasteiger partial charge on any atom is -0.435 e. The van der Waals surface area contributed by atoms with Crippen LogP contribution in [0.15, 0.2) is 53.7 Å². The van der Waals surface area contributed by atoms with E-state index in [1.54, 1.807) is 16.8 Å². The first-order valence-corrected chi connectivity index (χ1v) is 8.12. The van der Waals surface area contributed by atoms with Gasteiger partial charge in [0, 0.05) is 5.75 Å². The lowest BCUT2D eigenvalue weighted by Crippen LogP contribution is -2.01. The third-order valence-corrected chi connectivity index (χ3v) is 4.23. The number of rotatable bonds is 6. The molecule has 8 heteroatoms. The largest absolute Gasteiger partial charge is 0.435 e. The van der Waals surface area contributed by atoms with Crippen molar-refractivity contribution < 1.29 is 13.5 Å². The average Bonchev–Trinajstić information content (AvgIpc) is 3.03. The summed E-state index contributed by atoms with van der Waals surface area (Å²) in [5.41, 5.74) is 3.00. The molecule has 0 radical (unpaired) electrons. The lowest BCUT2D eigenvalue weighted by atomic mass is 10.2. The number of thioether (sulfide) groups is 1. The molecule has 1 heterocycles. The van der Waals surface area contributed by atoms with Crippen molar-refractivity contribution in [3.63, 3.8) is 0 Å². The average molecular weight is 348 g/mol. The summed E-state index contributed by atoms with van der Waals surface area (Å²) in [6, 6.07) is 14.4. The molecule has 0 bridgehead atoms. The Balaban J connectivity index is 1.67. The van der Waals surface area contributed by atoms with E-state index in [2.05, 4.69) is 20.3 Å². The van der Waals surface area contributed by atoms with Gasteiger partial charge in [-0.2, -0.15) is 13.5 Å². The van der Waals surface area contributed by atoms with Crippen LogP contribution in [0.1, 0.15) is 11.1 Å². The highest BCUT2D eigenvalue weighted by molar-refractivity contribution is 7.98. The Bertz CT molecular complexity index is 791. The van der Waals surface area contributed by atoms with Crippen LogP contribution in [0.5, 0.6) is 5.75 Å². The maximum atomic E-state index is 12.1. The normalized spacial score (nSPS) is 11.0. The third-order valence-electron chi connectivity index (χ3n) is 3.24. The zero-order valence-corrected chi connectivity index (χ0v) is 13.6. The molecule has 3 rings (SSSR count). The summed E-state index contributed by atoms with van der Waals surface area (Å²) in [7, 11) is 0. The first-order chi connectivity index (χ1) is 11.6. The number of hydrogen-bond donors (Lipinski definition) is 0. The Labute approximate surface area is 141 Å². The number of tetrazole rings is 1. The second-order valence-electron chi connectivity index (χ2n) is 5.02. The van der Waals surface area contributed by atoms with E-state index in [-0.39, 0.29) is 5.75 Å². The van der Waals surface area contributed by atoms with Gasteiger partial charge in [-0.15, -0.1) is 5.10 Å². The van der Waals surface area contributed by atoms with Crippen LogP contribution in [0.3, 0.4) is 0 Å². The molecule has 124 valence electrons. The van der Waals surface area contributed by atoms with Crippen LogP contribution in [0.2, 0.25) is 0 Å². The quantitative estimate of drug-likeness (QED) is 0.633. The van der Waals surface area contributed by atoms with Gasteiger partial charge in [0.15, 0.2) is 0 Å². The first kappa shape index (κ1) is 16.4. The van der Waals surface area contributed by atoms with E-state index in [0.717, 1.165) is 16.8 Å². The first-order valence-electron chi connectivity index (χ1n) is 7.14. The Kier molecular flexibility index (Phi) is 5.05. The summed E-state index contributed by atoms with van der Waals surface area (Å²) in [6.45, 7) is -0.801. The van der Waals surface area contributed by atoms with Crippen molar-refractivity contribution in [1.82, 2.24) is 20.2 Å². The van der Waals surface area contributed by atoms with Gasteiger partial charge in [0.05, 0.1) is 5.69 Å². The predicted molar refractivity (Wildman–Crippen MR) is 86.5 cm³/mol. The van der Waals surface area contributed by atoms with Crippen LogP contribution in [0.25, 0.3) is 5.69 Å². The Hall–Kier alpha value is -2.48. The molecular weight excluding hydrogens is 334 g/mol. The van der Waals surface area contributed by atoms with E-state index >= 15 is 0 Å². The summed E-state index contributed by atoms with van der Waals surface area (Å²) >= 11 is 1.46. The minimum atomic E-state index is -2.82. The molecular formula is C16H14F2N4OS. The van der Waals surface area contributed by atoms with Crippen LogP contribution in [0.4, 0.5) is 8.78 Å². The molecule has 1 aromatic heterocycles. The molecule has 0 amide bonds. The van der Waals surface area contributed by atoms with Crippen LogP contribution < -0.4 is 4.74 Å². The molecule has 0 N–H and O–H groups in total. The molecule has 24 heavy (non-hydrogen) atoms. The van der Waals surface area contributed by atoms with Crippen LogP contribution in [0, 0.1) is 6.92 Å². The molecule has 0 saturated carbocycles. The van der Waals surface area contributed by atoms with Gasteiger partial charge in [0.1, 0.15) is 5.75 Å². The Morgan fingerprint density at radius 3 is 2.46 bits per heavy atom. The fourth-order valence-electron chi connectivity index (χ4n) is 2.03. The molecule has 0 unspecified atom stereocenters. The van der Waals surface area contributed by atoms with Gasteiger partial charge >= 0.3 is 6.61 Å². The lowest BCUT2D eigenvalue weighted by Gasteiger charge is -2.06. The maximum Gasteiger partial charge on any atom is 0.387 e. The SMILES string of the molecule is Cc1ccc(-n2nnnc2SCc2ccc(OC(F)F)cc2)cc1. The van der Waals surface area contributed by atoms with Gasteiger partial charge < -0.3 is 4.74 Å². The molecule has 2 aromatic carbocycles. The van der Waals surface area contributed by atoms with Crippen LogP contribution >= 0.6 is 11.8 Å².